The molecule has 0 aromatic carbocycles. The number of carbonyl (C=O) groups is 1. The number of halogens is 2. The van der Waals surface area contributed by atoms with Crippen molar-refractivity contribution in [2.24, 2.45) is 5.73 Å². The molecule has 0 unspecified atom stereocenters. The Morgan fingerprint density at radius 1 is 1.04 bits per heavy atom. The van der Waals surface area contributed by atoms with Gasteiger partial charge in [-0.25, -0.2) is 9.97 Å². The Balaban J connectivity index is 0.000000253. The molecule has 23 heavy (non-hydrogen) atoms. The standard InChI is InChI=1S/C9H12ClN3O.C5H6ClN3/c1-2-3-8(14)13-6-7-9(10)12-5-4-11-7;6-5-4(3-7)8-1-2-9-5/h4-5H,2-3,6H2,1H3,(H,13,14);1-2H,3,7H2. The van der Waals surface area contributed by atoms with Gasteiger partial charge in [-0.05, 0) is 6.42 Å². The van der Waals surface area contributed by atoms with Gasteiger partial charge in [-0.15, -0.1) is 0 Å². The number of carbonyl (C=O) groups excluding carboxylic acids is 1. The van der Waals surface area contributed by atoms with Crippen LogP contribution < -0.4 is 11.1 Å². The van der Waals surface area contributed by atoms with Gasteiger partial charge in [-0.1, -0.05) is 30.1 Å². The van der Waals surface area contributed by atoms with Gasteiger partial charge in [0.15, 0.2) is 10.3 Å². The van der Waals surface area contributed by atoms with Gasteiger partial charge >= 0.3 is 0 Å². The van der Waals surface area contributed by atoms with Crippen molar-refractivity contribution >= 4 is 29.1 Å². The van der Waals surface area contributed by atoms with Gasteiger partial charge in [-0.3, -0.25) is 14.8 Å². The SMILES string of the molecule is CCCC(=O)NCc1nccnc1Cl.NCc1nccnc1Cl. The van der Waals surface area contributed by atoms with E-state index in [1.165, 1.54) is 12.4 Å². The van der Waals surface area contributed by atoms with E-state index in [1.54, 1.807) is 12.4 Å². The van der Waals surface area contributed by atoms with Crippen molar-refractivity contribution in [1.82, 2.24) is 25.3 Å². The fraction of sp³-hybridized carbons (Fsp3) is 0.357. The Hall–Kier alpha value is -1.83. The molecule has 0 saturated carbocycles. The Morgan fingerprint density at radius 3 is 2.00 bits per heavy atom. The molecule has 0 spiro atoms. The second-order valence-corrected chi connectivity index (χ2v) is 5.03. The zero-order chi connectivity index (χ0) is 17.1. The van der Waals surface area contributed by atoms with Gasteiger partial charge in [0.2, 0.25) is 5.91 Å². The van der Waals surface area contributed by atoms with Crippen LogP contribution >= 0.6 is 23.2 Å². The quantitative estimate of drug-likeness (QED) is 0.849. The molecule has 3 N–H and O–H groups in total. The summed E-state index contributed by atoms with van der Waals surface area (Å²) in [5, 5.41) is 3.44. The van der Waals surface area contributed by atoms with Gasteiger partial charge in [0, 0.05) is 37.8 Å². The van der Waals surface area contributed by atoms with Crippen LogP contribution in [-0.4, -0.2) is 25.8 Å². The lowest BCUT2D eigenvalue weighted by Gasteiger charge is -2.03. The average molecular weight is 357 g/mol. The third kappa shape index (κ3) is 7.32. The largest absolute Gasteiger partial charge is 0.350 e. The highest BCUT2D eigenvalue weighted by Gasteiger charge is 2.04. The number of aromatic nitrogens is 4. The van der Waals surface area contributed by atoms with Crippen molar-refractivity contribution in [3.8, 4) is 0 Å². The van der Waals surface area contributed by atoms with Crippen LogP contribution in [0.2, 0.25) is 10.3 Å². The van der Waals surface area contributed by atoms with Crippen LogP contribution in [0.5, 0.6) is 0 Å². The number of hydrogen-bond donors (Lipinski definition) is 2. The maximum atomic E-state index is 11.1. The van der Waals surface area contributed by atoms with Crippen molar-refractivity contribution in [1.29, 1.82) is 0 Å². The Kier molecular flexibility index (Phi) is 9.04. The molecule has 0 aliphatic heterocycles. The molecule has 124 valence electrons. The molecule has 1 amide bonds. The minimum absolute atomic E-state index is 0.00854. The fourth-order valence-electron chi connectivity index (χ4n) is 1.45. The second kappa shape index (κ2) is 10.8. The highest BCUT2D eigenvalue weighted by atomic mass is 35.5. The van der Waals surface area contributed by atoms with Gasteiger partial charge in [-0.2, -0.15) is 0 Å². The average Bonchev–Trinajstić information content (AvgIpc) is 2.55. The minimum Gasteiger partial charge on any atom is -0.350 e. The summed E-state index contributed by atoms with van der Waals surface area (Å²) in [7, 11) is 0. The molecule has 0 aliphatic carbocycles. The first-order valence-electron chi connectivity index (χ1n) is 6.96. The summed E-state index contributed by atoms with van der Waals surface area (Å²) >= 11 is 11.3. The Bertz CT molecular complexity index is 626. The first kappa shape index (κ1) is 19.2. The molecule has 0 fully saturated rings. The van der Waals surface area contributed by atoms with E-state index < -0.39 is 0 Å². The van der Waals surface area contributed by atoms with Crippen molar-refractivity contribution < 1.29 is 4.79 Å². The van der Waals surface area contributed by atoms with Gasteiger partial charge in [0.25, 0.3) is 0 Å². The molecule has 2 heterocycles. The van der Waals surface area contributed by atoms with Crippen LogP contribution in [-0.2, 0) is 17.9 Å². The summed E-state index contributed by atoms with van der Waals surface area (Å²) in [5.41, 5.74) is 6.50. The summed E-state index contributed by atoms with van der Waals surface area (Å²) < 4.78 is 0. The first-order chi connectivity index (χ1) is 11.1. The van der Waals surface area contributed by atoms with E-state index in [0.29, 0.717) is 41.2 Å². The van der Waals surface area contributed by atoms with E-state index in [0.717, 1.165) is 6.42 Å². The summed E-state index contributed by atoms with van der Waals surface area (Å²) in [6.45, 7) is 2.63. The van der Waals surface area contributed by atoms with E-state index in [-0.39, 0.29) is 5.91 Å². The predicted molar refractivity (Wildman–Crippen MR) is 88.7 cm³/mol. The van der Waals surface area contributed by atoms with Crippen LogP contribution in [0.3, 0.4) is 0 Å². The van der Waals surface area contributed by atoms with Crippen LogP contribution in [0, 0.1) is 0 Å². The number of hydrogen-bond acceptors (Lipinski definition) is 6. The predicted octanol–water partition coefficient (Wildman–Crippen LogP) is 2.13. The van der Waals surface area contributed by atoms with Gasteiger partial charge < -0.3 is 11.1 Å². The number of nitrogens with two attached hydrogens (primary N) is 1. The fourth-order valence-corrected chi connectivity index (χ4v) is 1.81. The van der Waals surface area contributed by atoms with E-state index in [9.17, 15) is 4.79 Å². The van der Waals surface area contributed by atoms with E-state index >= 15 is 0 Å². The lowest BCUT2D eigenvalue weighted by atomic mass is 10.3. The lowest BCUT2D eigenvalue weighted by molar-refractivity contribution is -0.121. The normalized spacial score (nSPS) is 9.74. The summed E-state index contributed by atoms with van der Waals surface area (Å²) in [5.74, 6) is 0.00854. The maximum Gasteiger partial charge on any atom is 0.220 e. The summed E-state index contributed by atoms with van der Waals surface area (Å²) in [6.07, 6.45) is 7.51. The Morgan fingerprint density at radius 2 is 1.57 bits per heavy atom. The molecule has 2 rings (SSSR count). The molecule has 2 aromatic rings. The third-order valence-corrected chi connectivity index (χ3v) is 3.20. The lowest BCUT2D eigenvalue weighted by Crippen LogP contribution is -2.22. The monoisotopic (exact) mass is 356 g/mol. The summed E-state index contributed by atoms with van der Waals surface area (Å²) in [6, 6.07) is 0. The Labute approximate surface area is 144 Å². The number of nitrogens with zero attached hydrogens (tertiary/aromatic N) is 4. The molecule has 2 aromatic heterocycles. The molecule has 0 atom stereocenters. The summed E-state index contributed by atoms with van der Waals surface area (Å²) in [4.78, 5) is 26.6. The first-order valence-corrected chi connectivity index (χ1v) is 7.71. The van der Waals surface area contributed by atoms with E-state index in [1.807, 2.05) is 6.92 Å². The molecular formula is C14H18Cl2N6O. The van der Waals surface area contributed by atoms with Crippen LogP contribution in [0.1, 0.15) is 31.2 Å². The highest BCUT2D eigenvalue weighted by molar-refractivity contribution is 6.30. The van der Waals surface area contributed by atoms with Crippen LogP contribution in [0.4, 0.5) is 0 Å². The highest BCUT2D eigenvalue weighted by Crippen LogP contribution is 2.07. The van der Waals surface area contributed by atoms with Crippen LogP contribution in [0.15, 0.2) is 24.8 Å². The minimum atomic E-state index is 0.00854. The second-order valence-electron chi connectivity index (χ2n) is 4.32. The van der Waals surface area contributed by atoms with Crippen LogP contribution in [0.25, 0.3) is 0 Å². The molecule has 7 nitrogen and oxygen atoms in total. The molecule has 9 heteroatoms. The van der Waals surface area contributed by atoms with Gasteiger partial charge in [0.1, 0.15) is 0 Å². The zero-order valence-corrected chi connectivity index (χ0v) is 14.2. The molecule has 0 radical (unpaired) electrons. The van der Waals surface area contributed by atoms with Crippen molar-refractivity contribution in [2.75, 3.05) is 0 Å². The third-order valence-electron chi connectivity index (χ3n) is 2.57. The molecule has 0 bridgehead atoms. The van der Waals surface area contributed by atoms with E-state index in [4.69, 9.17) is 28.9 Å². The maximum absolute atomic E-state index is 11.1. The molecule has 0 aliphatic rings. The van der Waals surface area contributed by atoms with Crippen molar-refractivity contribution in [2.45, 2.75) is 32.9 Å². The molecular weight excluding hydrogens is 339 g/mol. The number of nitrogens with one attached hydrogen (secondary N) is 1. The zero-order valence-electron chi connectivity index (χ0n) is 12.7. The number of rotatable bonds is 5. The van der Waals surface area contributed by atoms with E-state index in [2.05, 4.69) is 25.3 Å². The van der Waals surface area contributed by atoms with Gasteiger partial charge in [0.05, 0.1) is 17.9 Å². The number of amides is 1. The smallest absolute Gasteiger partial charge is 0.220 e. The van der Waals surface area contributed by atoms with Crippen molar-refractivity contribution in [3.05, 3.63) is 46.5 Å². The van der Waals surface area contributed by atoms with Crippen molar-refractivity contribution in [3.63, 3.8) is 0 Å². The topological polar surface area (TPSA) is 107 Å². The molecule has 0 saturated heterocycles.